The Morgan fingerprint density at radius 3 is 2.11 bits per heavy atom. The van der Waals surface area contributed by atoms with Gasteiger partial charge in [0.25, 0.3) is 0 Å². The number of nitrogens with one attached hydrogen (secondary N) is 1. The fraction of sp³-hybridized carbons (Fsp3) is 0. The zero-order valence-corrected chi connectivity index (χ0v) is 20.0. The van der Waals surface area contributed by atoms with Gasteiger partial charge in [-0.25, -0.2) is 9.98 Å². The quantitative estimate of drug-likeness (QED) is 0.202. The van der Waals surface area contributed by atoms with E-state index >= 15 is 0 Å². The lowest BCUT2D eigenvalue weighted by Crippen LogP contribution is -2.06. The second-order valence-electron chi connectivity index (χ2n) is 8.64. The Balaban J connectivity index is 1.55. The molecule has 0 saturated heterocycles. The Labute approximate surface area is 214 Å². The minimum absolute atomic E-state index is 0.155. The van der Waals surface area contributed by atoms with E-state index in [0.717, 1.165) is 49.8 Å². The van der Waals surface area contributed by atoms with Gasteiger partial charge in [0.05, 0.1) is 0 Å². The predicted molar refractivity (Wildman–Crippen MR) is 153 cm³/mol. The summed E-state index contributed by atoms with van der Waals surface area (Å²) >= 11 is 0. The Morgan fingerprint density at radius 1 is 0.622 bits per heavy atom. The second-order valence-corrected chi connectivity index (χ2v) is 8.64. The molecule has 4 nitrogen and oxygen atoms in total. The molecule has 6 aromatic rings. The minimum Gasteiger partial charge on any atom is -0.456 e. The lowest BCUT2D eigenvalue weighted by molar-refractivity contribution is 0.669. The number of rotatable bonds is 4. The molecule has 1 N–H and O–H groups in total. The van der Waals surface area contributed by atoms with Gasteiger partial charge in [-0.15, -0.1) is 0 Å². The van der Waals surface area contributed by atoms with E-state index in [1.54, 1.807) is 6.21 Å². The fourth-order valence-corrected chi connectivity index (χ4v) is 4.51. The largest absolute Gasteiger partial charge is 0.456 e. The van der Waals surface area contributed by atoms with Gasteiger partial charge in [-0.2, -0.15) is 0 Å². The zero-order valence-electron chi connectivity index (χ0n) is 20.0. The van der Waals surface area contributed by atoms with Crippen molar-refractivity contribution >= 4 is 39.8 Å². The first-order valence-electron chi connectivity index (χ1n) is 12.1. The minimum atomic E-state index is 0.155. The molecule has 0 spiro atoms. The molecule has 0 fully saturated rings. The molecule has 0 unspecified atom stereocenters. The molecule has 1 aromatic heterocycles. The highest BCUT2D eigenvalue weighted by atomic mass is 16.3. The summed E-state index contributed by atoms with van der Waals surface area (Å²) in [6, 6.07) is 41.7. The number of para-hydroxylation sites is 1. The fourth-order valence-electron chi connectivity index (χ4n) is 4.51. The van der Waals surface area contributed by atoms with E-state index in [-0.39, 0.29) is 5.84 Å². The van der Waals surface area contributed by atoms with Crippen molar-refractivity contribution in [2.75, 3.05) is 0 Å². The van der Waals surface area contributed by atoms with Crippen LogP contribution in [0.3, 0.4) is 0 Å². The number of hydrogen-bond acceptors (Lipinski definition) is 2. The maximum atomic E-state index is 8.71. The molecule has 0 saturated carbocycles. The van der Waals surface area contributed by atoms with Crippen LogP contribution in [0.25, 0.3) is 33.1 Å². The van der Waals surface area contributed by atoms with Crippen molar-refractivity contribution in [1.82, 2.24) is 0 Å². The van der Waals surface area contributed by atoms with Crippen LogP contribution in [0, 0.1) is 5.41 Å². The maximum Gasteiger partial charge on any atom is 0.162 e. The Kier molecular flexibility index (Phi) is 5.97. The molecule has 5 aromatic carbocycles. The average Bonchev–Trinajstić information content (AvgIpc) is 3.35. The lowest BCUT2D eigenvalue weighted by atomic mass is 9.95. The van der Waals surface area contributed by atoms with Gasteiger partial charge in [-0.1, -0.05) is 115 Å². The first-order chi connectivity index (χ1) is 18.3. The van der Waals surface area contributed by atoms with Gasteiger partial charge in [0.1, 0.15) is 11.2 Å². The topological polar surface area (TPSA) is 61.7 Å². The smallest absolute Gasteiger partial charge is 0.162 e. The molecule has 0 amide bonds. The van der Waals surface area contributed by atoms with Gasteiger partial charge in [-0.3, -0.25) is 5.41 Å². The van der Waals surface area contributed by atoms with Crippen LogP contribution in [0.4, 0.5) is 0 Å². The highest BCUT2D eigenvalue weighted by molar-refractivity contribution is 6.19. The highest BCUT2D eigenvalue weighted by Gasteiger charge is 2.17. The third-order valence-corrected chi connectivity index (χ3v) is 6.26. The number of fused-ring (bicyclic) bond motifs is 3. The average molecular weight is 478 g/mol. The predicted octanol–water partition coefficient (Wildman–Crippen LogP) is 8.14. The van der Waals surface area contributed by atoms with E-state index in [0.29, 0.717) is 5.84 Å². The SMILES string of the molecule is N=C(N=C(N=Cc1ccccc1)c1ccccc1-c1cccc2oc3ccccc3c12)c1ccccc1. The summed E-state index contributed by atoms with van der Waals surface area (Å²) < 4.78 is 6.15. The van der Waals surface area contributed by atoms with Crippen LogP contribution < -0.4 is 0 Å². The van der Waals surface area contributed by atoms with Gasteiger partial charge in [0.15, 0.2) is 11.7 Å². The highest BCUT2D eigenvalue weighted by Crippen LogP contribution is 2.38. The number of aliphatic imine (C=N–C) groups is 2. The van der Waals surface area contributed by atoms with Crippen LogP contribution in [0.2, 0.25) is 0 Å². The molecule has 0 aliphatic heterocycles. The van der Waals surface area contributed by atoms with Gasteiger partial charge in [0, 0.05) is 28.1 Å². The molecule has 6 rings (SSSR count). The number of furan rings is 1. The summed E-state index contributed by atoms with van der Waals surface area (Å²) in [4.78, 5) is 9.53. The summed E-state index contributed by atoms with van der Waals surface area (Å²) in [5, 5.41) is 10.8. The van der Waals surface area contributed by atoms with E-state index in [2.05, 4.69) is 18.2 Å². The number of nitrogens with zero attached hydrogens (tertiary/aromatic N) is 2. The molecule has 0 radical (unpaired) electrons. The molecule has 1 heterocycles. The molecular weight excluding hydrogens is 454 g/mol. The summed E-state index contributed by atoms with van der Waals surface area (Å²) in [7, 11) is 0. The summed E-state index contributed by atoms with van der Waals surface area (Å²) in [6.07, 6.45) is 1.79. The van der Waals surface area contributed by atoms with Crippen LogP contribution >= 0.6 is 0 Å². The third kappa shape index (κ3) is 4.48. The monoisotopic (exact) mass is 477 g/mol. The third-order valence-electron chi connectivity index (χ3n) is 6.26. The molecule has 37 heavy (non-hydrogen) atoms. The van der Waals surface area contributed by atoms with Crippen LogP contribution in [0.5, 0.6) is 0 Å². The van der Waals surface area contributed by atoms with Crippen molar-refractivity contribution in [1.29, 1.82) is 5.41 Å². The normalized spacial score (nSPS) is 11.9. The molecule has 0 aliphatic rings. The van der Waals surface area contributed by atoms with Crippen molar-refractivity contribution in [3.05, 3.63) is 144 Å². The molecule has 0 bridgehead atoms. The standard InChI is InChI=1S/C33H23N3O/c34-32(24-14-5-2-6-15-24)36-33(35-22-23-12-3-1-4-13-23)27-17-8-7-16-25(27)26-19-11-21-30-31(26)28-18-9-10-20-29(28)37-30/h1-22,34H. The van der Waals surface area contributed by atoms with E-state index in [1.165, 1.54) is 0 Å². The van der Waals surface area contributed by atoms with Gasteiger partial charge in [0.2, 0.25) is 0 Å². The van der Waals surface area contributed by atoms with Gasteiger partial charge >= 0.3 is 0 Å². The van der Waals surface area contributed by atoms with Gasteiger partial charge in [-0.05, 0) is 28.8 Å². The number of benzene rings is 5. The zero-order chi connectivity index (χ0) is 25.0. The molecule has 176 valence electrons. The van der Waals surface area contributed by atoms with Crippen molar-refractivity contribution in [3.63, 3.8) is 0 Å². The van der Waals surface area contributed by atoms with E-state index in [4.69, 9.17) is 19.8 Å². The van der Waals surface area contributed by atoms with Crippen molar-refractivity contribution in [2.45, 2.75) is 0 Å². The Bertz CT molecular complexity index is 1780. The Hall–Kier alpha value is -5.09. The van der Waals surface area contributed by atoms with E-state index < -0.39 is 0 Å². The van der Waals surface area contributed by atoms with Gasteiger partial charge < -0.3 is 4.42 Å². The molecule has 0 aliphatic carbocycles. The summed E-state index contributed by atoms with van der Waals surface area (Å²) in [5.41, 5.74) is 6.22. The maximum absolute atomic E-state index is 8.71. The van der Waals surface area contributed by atoms with Crippen molar-refractivity contribution < 1.29 is 4.42 Å². The Morgan fingerprint density at radius 2 is 1.27 bits per heavy atom. The number of amidine groups is 2. The number of hydrogen-bond donors (Lipinski definition) is 1. The van der Waals surface area contributed by atoms with E-state index in [1.807, 2.05) is 109 Å². The molecule has 4 heteroatoms. The summed E-state index contributed by atoms with van der Waals surface area (Å²) in [6.45, 7) is 0. The van der Waals surface area contributed by atoms with Crippen molar-refractivity contribution in [3.8, 4) is 11.1 Å². The van der Waals surface area contributed by atoms with E-state index in [9.17, 15) is 0 Å². The van der Waals surface area contributed by atoms with Crippen LogP contribution in [0.15, 0.2) is 142 Å². The van der Waals surface area contributed by atoms with Crippen molar-refractivity contribution in [2.24, 2.45) is 9.98 Å². The van der Waals surface area contributed by atoms with Crippen LogP contribution in [-0.2, 0) is 0 Å². The first-order valence-corrected chi connectivity index (χ1v) is 12.1. The second kappa shape index (κ2) is 9.88. The molecule has 0 atom stereocenters. The van der Waals surface area contributed by atoms with Crippen LogP contribution in [-0.4, -0.2) is 17.9 Å². The molecular formula is C33H23N3O. The summed E-state index contributed by atoms with van der Waals surface area (Å²) in [5.74, 6) is 0.626. The van der Waals surface area contributed by atoms with Crippen LogP contribution in [0.1, 0.15) is 16.7 Å². The lowest BCUT2D eigenvalue weighted by Gasteiger charge is -2.11. The first kappa shape index (κ1) is 22.4.